The predicted octanol–water partition coefficient (Wildman–Crippen LogP) is 4.80. The van der Waals surface area contributed by atoms with Crippen molar-refractivity contribution in [1.82, 2.24) is 10.6 Å². The van der Waals surface area contributed by atoms with Crippen molar-refractivity contribution in [3.63, 3.8) is 0 Å². The molecule has 1 amide bonds. The van der Waals surface area contributed by atoms with E-state index in [0.717, 1.165) is 18.9 Å². The maximum absolute atomic E-state index is 10.8. The first-order valence-electron chi connectivity index (χ1n) is 10.8. The summed E-state index contributed by atoms with van der Waals surface area (Å²) in [5.41, 5.74) is 1.71. The van der Waals surface area contributed by atoms with Gasteiger partial charge < -0.3 is 10.6 Å². The first-order valence-corrected chi connectivity index (χ1v) is 10.8. The van der Waals surface area contributed by atoms with Gasteiger partial charge in [0, 0.05) is 19.0 Å². The number of nitrogens with one attached hydrogen (secondary N) is 2. The molecule has 2 atom stereocenters. The molecular formula is C22H40N2O. The quantitative estimate of drug-likeness (QED) is 0.557. The number of carbonyl (C=O) groups is 1. The SMILES string of the molecule is CC(=O)NCCCCCCCCNC12CC3CC(C)(CC(C)(C3)C1)C2. The zero-order valence-electron chi connectivity index (χ0n) is 16.9. The van der Waals surface area contributed by atoms with E-state index in [2.05, 4.69) is 24.5 Å². The second kappa shape index (κ2) is 7.58. The lowest BCUT2D eigenvalue weighted by Gasteiger charge is -2.65. The van der Waals surface area contributed by atoms with Crippen LogP contribution in [-0.2, 0) is 4.79 Å². The molecule has 3 heteroatoms. The third-order valence-corrected chi connectivity index (χ3v) is 7.10. The Bertz CT molecular complexity index is 457. The van der Waals surface area contributed by atoms with Gasteiger partial charge in [-0.2, -0.15) is 0 Å². The minimum absolute atomic E-state index is 0.0958. The molecule has 144 valence electrons. The molecule has 4 aliphatic carbocycles. The van der Waals surface area contributed by atoms with Crippen LogP contribution in [0.5, 0.6) is 0 Å². The van der Waals surface area contributed by atoms with Crippen molar-refractivity contribution < 1.29 is 4.79 Å². The van der Waals surface area contributed by atoms with Crippen LogP contribution in [0.4, 0.5) is 0 Å². The number of hydrogen-bond acceptors (Lipinski definition) is 2. The van der Waals surface area contributed by atoms with Crippen LogP contribution < -0.4 is 10.6 Å². The van der Waals surface area contributed by atoms with Gasteiger partial charge in [-0.15, -0.1) is 0 Å². The second-order valence-electron chi connectivity index (χ2n) is 10.4. The molecule has 4 fully saturated rings. The van der Waals surface area contributed by atoms with Crippen molar-refractivity contribution in [3.05, 3.63) is 0 Å². The molecule has 0 aromatic heterocycles. The molecule has 25 heavy (non-hydrogen) atoms. The van der Waals surface area contributed by atoms with Gasteiger partial charge in [0.05, 0.1) is 0 Å². The molecule has 4 saturated carbocycles. The van der Waals surface area contributed by atoms with Crippen molar-refractivity contribution in [2.45, 2.75) is 103 Å². The van der Waals surface area contributed by atoms with Gasteiger partial charge in [0.15, 0.2) is 0 Å². The standard InChI is InChI=1S/C22H40N2O/c1-18(25)23-10-8-6-4-5-7-9-11-24-22-14-19-12-20(2,16-22)15-21(3,13-19)17-22/h19,24H,4-17H2,1-3H3,(H,23,25). The summed E-state index contributed by atoms with van der Waals surface area (Å²) in [4.78, 5) is 10.8. The lowest BCUT2D eigenvalue weighted by Crippen LogP contribution is -2.64. The maximum Gasteiger partial charge on any atom is 0.216 e. The zero-order chi connectivity index (χ0) is 18.0. The summed E-state index contributed by atoms with van der Waals surface area (Å²) in [6, 6.07) is 0. The molecule has 0 aromatic carbocycles. The Hall–Kier alpha value is -0.570. The van der Waals surface area contributed by atoms with E-state index in [1.54, 1.807) is 6.92 Å². The monoisotopic (exact) mass is 348 g/mol. The summed E-state index contributed by atoms with van der Waals surface area (Å²) in [7, 11) is 0. The molecule has 4 rings (SSSR count). The van der Waals surface area contributed by atoms with Gasteiger partial charge >= 0.3 is 0 Å². The van der Waals surface area contributed by atoms with E-state index in [4.69, 9.17) is 0 Å². The number of carbonyl (C=O) groups excluding carboxylic acids is 1. The molecule has 2 N–H and O–H groups in total. The molecule has 0 radical (unpaired) electrons. The first kappa shape index (κ1) is 19.2. The van der Waals surface area contributed by atoms with E-state index in [1.165, 1.54) is 77.2 Å². The molecule has 2 unspecified atom stereocenters. The smallest absolute Gasteiger partial charge is 0.216 e. The van der Waals surface area contributed by atoms with Crippen LogP contribution in [-0.4, -0.2) is 24.5 Å². The number of rotatable bonds is 10. The Morgan fingerprint density at radius 3 is 1.96 bits per heavy atom. The zero-order valence-corrected chi connectivity index (χ0v) is 16.9. The summed E-state index contributed by atoms with van der Waals surface area (Å²) >= 11 is 0. The van der Waals surface area contributed by atoms with Gasteiger partial charge in [0.25, 0.3) is 0 Å². The van der Waals surface area contributed by atoms with Gasteiger partial charge in [0.1, 0.15) is 0 Å². The molecule has 4 aliphatic rings. The number of amides is 1. The minimum atomic E-state index is 0.0958. The largest absolute Gasteiger partial charge is 0.356 e. The Balaban J connectivity index is 1.29. The number of unbranched alkanes of at least 4 members (excludes halogenated alkanes) is 5. The average Bonchev–Trinajstić information content (AvgIpc) is 2.45. The molecule has 0 heterocycles. The highest BCUT2D eigenvalue weighted by Crippen LogP contribution is 2.66. The fraction of sp³-hybridized carbons (Fsp3) is 0.955. The molecular weight excluding hydrogens is 308 g/mol. The van der Waals surface area contributed by atoms with Gasteiger partial charge in [-0.1, -0.05) is 39.5 Å². The molecule has 0 aromatic rings. The van der Waals surface area contributed by atoms with Crippen molar-refractivity contribution in [2.75, 3.05) is 13.1 Å². The lowest BCUT2D eigenvalue weighted by molar-refractivity contribution is -0.119. The fourth-order valence-corrected chi connectivity index (χ4v) is 7.22. The first-order chi connectivity index (χ1) is 11.8. The lowest BCUT2D eigenvalue weighted by atomic mass is 9.43. The Morgan fingerprint density at radius 1 is 0.840 bits per heavy atom. The highest BCUT2D eigenvalue weighted by Gasteiger charge is 2.59. The second-order valence-corrected chi connectivity index (χ2v) is 10.4. The van der Waals surface area contributed by atoms with Crippen molar-refractivity contribution in [1.29, 1.82) is 0 Å². The predicted molar refractivity (Wildman–Crippen MR) is 105 cm³/mol. The average molecular weight is 349 g/mol. The van der Waals surface area contributed by atoms with E-state index in [-0.39, 0.29) is 5.91 Å². The van der Waals surface area contributed by atoms with Gasteiger partial charge in [-0.05, 0) is 74.7 Å². The Morgan fingerprint density at radius 2 is 1.40 bits per heavy atom. The van der Waals surface area contributed by atoms with Crippen LogP contribution in [0.3, 0.4) is 0 Å². The summed E-state index contributed by atoms with van der Waals surface area (Å²) in [5.74, 6) is 1.08. The van der Waals surface area contributed by atoms with Crippen molar-refractivity contribution >= 4 is 5.91 Å². The van der Waals surface area contributed by atoms with Crippen LogP contribution in [0.15, 0.2) is 0 Å². The Labute approximate surface area is 155 Å². The number of hydrogen-bond donors (Lipinski definition) is 2. The fourth-order valence-electron chi connectivity index (χ4n) is 7.22. The summed E-state index contributed by atoms with van der Waals surface area (Å²) in [6.07, 6.45) is 16.4. The van der Waals surface area contributed by atoms with Crippen LogP contribution in [0.25, 0.3) is 0 Å². The van der Waals surface area contributed by atoms with Crippen LogP contribution in [0.1, 0.15) is 97.8 Å². The van der Waals surface area contributed by atoms with Gasteiger partial charge in [0.2, 0.25) is 5.91 Å². The molecule has 0 saturated heterocycles. The van der Waals surface area contributed by atoms with Crippen molar-refractivity contribution in [2.24, 2.45) is 16.7 Å². The van der Waals surface area contributed by atoms with E-state index in [0.29, 0.717) is 16.4 Å². The van der Waals surface area contributed by atoms with E-state index in [1.807, 2.05) is 0 Å². The van der Waals surface area contributed by atoms with E-state index in [9.17, 15) is 4.79 Å². The minimum Gasteiger partial charge on any atom is -0.356 e. The molecule has 4 bridgehead atoms. The normalized spacial score (nSPS) is 38.9. The van der Waals surface area contributed by atoms with Crippen molar-refractivity contribution in [3.8, 4) is 0 Å². The Kier molecular flexibility index (Phi) is 5.82. The highest BCUT2D eigenvalue weighted by molar-refractivity contribution is 5.72. The maximum atomic E-state index is 10.8. The third kappa shape index (κ3) is 4.99. The van der Waals surface area contributed by atoms with Crippen LogP contribution in [0, 0.1) is 16.7 Å². The molecule has 3 nitrogen and oxygen atoms in total. The summed E-state index contributed by atoms with van der Waals surface area (Å²) in [5, 5.41) is 6.93. The summed E-state index contributed by atoms with van der Waals surface area (Å²) < 4.78 is 0. The van der Waals surface area contributed by atoms with E-state index >= 15 is 0 Å². The van der Waals surface area contributed by atoms with Gasteiger partial charge in [-0.25, -0.2) is 0 Å². The third-order valence-electron chi connectivity index (χ3n) is 7.10. The van der Waals surface area contributed by atoms with Gasteiger partial charge in [-0.3, -0.25) is 4.79 Å². The highest BCUT2D eigenvalue weighted by atomic mass is 16.1. The summed E-state index contributed by atoms with van der Waals surface area (Å²) in [6.45, 7) is 8.78. The molecule has 0 spiro atoms. The molecule has 0 aliphatic heterocycles. The van der Waals surface area contributed by atoms with Crippen LogP contribution in [0.2, 0.25) is 0 Å². The van der Waals surface area contributed by atoms with E-state index < -0.39 is 0 Å². The van der Waals surface area contributed by atoms with Crippen LogP contribution >= 0.6 is 0 Å². The topological polar surface area (TPSA) is 41.1 Å².